The maximum Gasteiger partial charge on any atom is 0.253 e. The Morgan fingerprint density at radius 1 is 1.20 bits per heavy atom. The number of carbonyl (C=O) groups excluding carboxylic acids is 1. The Hall–Kier alpha value is -1.88. The van der Waals surface area contributed by atoms with Gasteiger partial charge in [-0.15, -0.1) is 0 Å². The predicted octanol–water partition coefficient (Wildman–Crippen LogP) is 3.16. The van der Waals surface area contributed by atoms with E-state index in [9.17, 15) is 4.79 Å². The van der Waals surface area contributed by atoms with Gasteiger partial charge in [0.05, 0.1) is 12.2 Å². The average molecular weight is 334 g/mol. The van der Waals surface area contributed by atoms with Crippen LogP contribution in [-0.2, 0) is 6.54 Å². The van der Waals surface area contributed by atoms with Gasteiger partial charge in [-0.25, -0.2) is 0 Å². The molecule has 0 aliphatic heterocycles. The van der Waals surface area contributed by atoms with Crippen LogP contribution in [0, 0.1) is 0 Å². The van der Waals surface area contributed by atoms with Crippen LogP contribution in [0.25, 0.3) is 0 Å². The predicted molar refractivity (Wildman–Crippen MR) is 83.7 cm³/mol. The van der Waals surface area contributed by atoms with E-state index in [0.717, 1.165) is 15.9 Å². The molecular formula is C15H16BrN3O. The number of rotatable bonds is 4. The quantitative estimate of drug-likeness (QED) is 0.934. The zero-order chi connectivity index (χ0) is 14.5. The number of aromatic nitrogens is 1. The highest BCUT2D eigenvalue weighted by Gasteiger charge is 2.06. The normalized spacial score (nSPS) is 10.2. The van der Waals surface area contributed by atoms with Gasteiger partial charge >= 0.3 is 0 Å². The summed E-state index contributed by atoms with van der Waals surface area (Å²) in [5.41, 5.74) is 2.61. The van der Waals surface area contributed by atoms with Crippen molar-refractivity contribution in [3.05, 3.63) is 58.3 Å². The van der Waals surface area contributed by atoms with Crippen LogP contribution in [0.2, 0.25) is 0 Å². The lowest BCUT2D eigenvalue weighted by Crippen LogP contribution is -2.21. The fourth-order valence-electron chi connectivity index (χ4n) is 1.69. The third-order valence-corrected chi connectivity index (χ3v) is 3.27. The molecule has 104 valence electrons. The number of anilines is 1. The van der Waals surface area contributed by atoms with Crippen molar-refractivity contribution in [2.45, 2.75) is 6.54 Å². The molecule has 0 bridgehead atoms. The highest BCUT2D eigenvalue weighted by atomic mass is 79.9. The molecule has 1 heterocycles. The van der Waals surface area contributed by atoms with Crippen molar-refractivity contribution < 1.29 is 4.79 Å². The van der Waals surface area contributed by atoms with Crippen molar-refractivity contribution in [2.24, 2.45) is 0 Å². The minimum absolute atomic E-state index is 0.00567. The van der Waals surface area contributed by atoms with Crippen molar-refractivity contribution in [2.75, 3.05) is 19.4 Å². The molecule has 0 atom stereocenters. The molecule has 4 nitrogen and oxygen atoms in total. The van der Waals surface area contributed by atoms with Crippen molar-refractivity contribution in [1.29, 1.82) is 0 Å². The van der Waals surface area contributed by atoms with Gasteiger partial charge in [0.15, 0.2) is 0 Å². The summed E-state index contributed by atoms with van der Waals surface area (Å²) in [5, 5.41) is 3.27. The molecule has 0 radical (unpaired) electrons. The average Bonchev–Trinajstić information content (AvgIpc) is 2.46. The Bertz CT molecular complexity index is 579. The van der Waals surface area contributed by atoms with E-state index in [1.807, 2.05) is 36.4 Å². The van der Waals surface area contributed by atoms with Gasteiger partial charge in [0, 0.05) is 36.0 Å². The van der Waals surface area contributed by atoms with Crippen LogP contribution in [0.15, 0.2) is 47.1 Å². The Kier molecular flexibility index (Phi) is 4.74. The second-order valence-electron chi connectivity index (χ2n) is 4.60. The van der Waals surface area contributed by atoms with Crippen LogP contribution in [0.4, 0.5) is 5.69 Å². The van der Waals surface area contributed by atoms with Crippen LogP contribution < -0.4 is 5.32 Å². The molecule has 2 rings (SSSR count). The first-order valence-corrected chi connectivity index (χ1v) is 7.01. The molecule has 1 aromatic carbocycles. The van der Waals surface area contributed by atoms with Crippen LogP contribution in [-0.4, -0.2) is 29.9 Å². The van der Waals surface area contributed by atoms with Gasteiger partial charge in [0.25, 0.3) is 5.91 Å². The Morgan fingerprint density at radius 3 is 2.45 bits per heavy atom. The molecule has 5 heteroatoms. The third kappa shape index (κ3) is 3.81. The molecule has 0 saturated carbocycles. The number of carbonyl (C=O) groups is 1. The van der Waals surface area contributed by atoms with Crippen molar-refractivity contribution in [3.8, 4) is 0 Å². The van der Waals surface area contributed by atoms with E-state index < -0.39 is 0 Å². The highest BCUT2D eigenvalue weighted by molar-refractivity contribution is 9.10. The fourth-order valence-corrected chi connectivity index (χ4v) is 1.93. The van der Waals surface area contributed by atoms with E-state index in [1.165, 1.54) is 0 Å². The lowest BCUT2D eigenvalue weighted by molar-refractivity contribution is 0.0827. The first kappa shape index (κ1) is 14.5. The number of hydrogen-bond acceptors (Lipinski definition) is 3. The van der Waals surface area contributed by atoms with Gasteiger partial charge in [0.2, 0.25) is 0 Å². The molecule has 0 unspecified atom stereocenters. The summed E-state index contributed by atoms with van der Waals surface area (Å²) in [7, 11) is 3.49. The minimum atomic E-state index is 0.00567. The smallest absolute Gasteiger partial charge is 0.253 e. The Balaban J connectivity index is 1.97. The maximum absolute atomic E-state index is 11.8. The van der Waals surface area contributed by atoms with Crippen molar-refractivity contribution in [3.63, 3.8) is 0 Å². The van der Waals surface area contributed by atoms with Gasteiger partial charge in [-0.2, -0.15) is 0 Å². The topological polar surface area (TPSA) is 45.2 Å². The number of pyridine rings is 1. The molecule has 0 saturated heterocycles. The van der Waals surface area contributed by atoms with E-state index in [-0.39, 0.29) is 5.91 Å². The third-order valence-electron chi connectivity index (χ3n) is 2.80. The summed E-state index contributed by atoms with van der Waals surface area (Å²) in [6, 6.07) is 11.4. The van der Waals surface area contributed by atoms with Crippen molar-refractivity contribution >= 4 is 27.5 Å². The summed E-state index contributed by atoms with van der Waals surface area (Å²) < 4.78 is 0.966. The SMILES string of the molecule is CN(C)C(=O)c1ccc(NCc2ccc(Br)cn2)cc1. The summed E-state index contributed by atoms with van der Waals surface area (Å²) >= 11 is 3.36. The zero-order valence-corrected chi connectivity index (χ0v) is 13.0. The monoisotopic (exact) mass is 333 g/mol. The first-order chi connectivity index (χ1) is 9.56. The lowest BCUT2D eigenvalue weighted by atomic mass is 10.2. The molecule has 2 aromatic rings. The summed E-state index contributed by atoms with van der Waals surface area (Å²) in [4.78, 5) is 17.6. The van der Waals surface area contributed by atoms with Crippen LogP contribution >= 0.6 is 15.9 Å². The van der Waals surface area contributed by atoms with Crippen LogP contribution in [0.1, 0.15) is 16.1 Å². The molecular weight excluding hydrogens is 318 g/mol. The first-order valence-electron chi connectivity index (χ1n) is 6.22. The molecule has 1 aromatic heterocycles. The Morgan fingerprint density at radius 2 is 1.90 bits per heavy atom. The summed E-state index contributed by atoms with van der Waals surface area (Å²) in [6.07, 6.45) is 1.77. The number of hydrogen-bond donors (Lipinski definition) is 1. The van der Waals surface area contributed by atoms with E-state index >= 15 is 0 Å². The van der Waals surface area contributed by atoms with E-state index in [0.29, 0.717) is 12.1 Å². The Labute approximate surface area is 127 Å². The molecule has 1 N–H and O–H groups in total. The number of benzene rings is 1. The molecule has 1 amide bonds. The number of halogens is 1. The number of amides is 1. The zero-order valence-electron chi connectivity index (χ0n) is 11.4. The molecule has 0 aliphatic carbocycles. The van der Waals surface area contributed by atoms with Gasteiger partial charge in [0.1, 0.15) is 0 Å². The lowest BCUT2D eigenvalue weighted by Gasteiger charge is -2.11. The highest BCUT2D eigenvalue weighted by Crippen LogP contribution is 2.13. The van der Waals surface area contributed by atoms with Crippen molar-refractivity contribution in [1.82, 2.24) is 9.88 Å². The molecule has 0 spiro atoms. The largest absolute Gasteiger partial charge is 0.379 e. The maximum atomic E-state index is 11.8. The van der Waals surface area contributed by atoms with Crippen LogP contribution in [0.3, 0.4) is 0 Å². The van der Waals surface area contributed by atoms with E-state index in [4.69, 9.17) is 0 Å². The fraction of sp³-hybridized carbons (Fsp3) is 0.200. The summed E-state index contributed by atoms with van der Waals surface area (Å²) in [5.74, 6) is 0.00567. The summed E-state index contributed by atoms with van der Waals surface area (Å²) in [6.45, 7) is 0.647. The number of nitrogens with one attached hydrogen (secondary N) is 1. The van der Waals surface area contributed by atoms with E-state index in [2.05, 4.69) is 26.2 Å². The van der Waals surface area contributed by atoms with Gasteiger partial charge in [-0.1, -0.05) is 0 Å². The molecule has 20 heavy (non-hydrogen) atoms. The standard InChI is InChI=1S/C15H16BrN3O/c1-19(2)15(20)11-3-6-13(7-4-11)18-10-14-8-5-12(16)9-17-14/h3-9,18H,10H2,1-2H3. The molecule has 0 fully saturated rings. The number of nitrogens with zero attached hydrogens (tertiary/aromatic N) is 2. The van der Waals surface area contributed by atoms with Crippen LogP contribution in [0.5, 0.6) is 0 Å². The second-order valence-corrected chi connectivity index (χ2v) is 5.51. The second kappa shape index (κ2) is 6.52. The minimum Gasteiger partial charge on any atom is -0.379 e. The van der Waals surface area contributed by atoms with E-state index in [1.54, 1.807) is 25.2 Å². The van der Waals surface area contributed by atoms with Gasteiger partial charge in [-0.05, 0) is 52.3 Å². The molecule has 0 aliphatic rings. The van der Waals surface area contributed by atoms with Gasteiger partial charge in [-0.3, -0.25) is 9.78 Å². The van der Waals surface area contributed by atoms with Gasteiger partial charge < -0.3 is 10.2 Å².